The van der Waals surface area contributed by atoms with Crippen LogP contribution in [-0.2, 0) is 22.7 Å². The first-order chi connectivity index (χ1) is 15.0. The Kier molecular flexibility index (Phi) is 6.42. The molecule has 8 heteroatoms. The van der Waals surface area contributed by atoms with Gasteiger partial charge in [-0.25, -0.2) is 4.98 Å². The lowest BCUT2D eigenvalue weighted by Crippen LogP contribution is -2.38. The number of imidazole rings is 1. The van der Waals surface area contributed by atoms with E-state index in [2.05, 4.69) is 4.98 Å². The van der Waals surface area contributed by atoms with Crippen LogP contribution >= 0.6 is 11.6 Å². The Morgan fingerprint density at radius 2 is 1.71 bits per heavy atom. The molecule has 0 spiro atoms. The molecule has 0 aliphatic carbocycles. The summed E-state index contributed by atoms with van der Waals surface area (Å²) in [5, 5.41) is 0.644. The minimum atomic E-state index is 0.0151. The number of carbonyl (C=O) groups excluding carboxylic acids is 2. The molecule has 0 radical (unpaired) electrons. The van der Waals surface area contributed by atoms with Crippen molar-refractivity contribution in [2.75, 3.05) is 26.2 Å². The number of aromatic nitrogens is 2. The molecule has 2 aromatic carbocycles. The van der Waals surface area contributed by atoms with Crippen LogP contribution in [0.15, 0.2) is 48.5 Å². The summed E-state index contributed by atoms with van der Waals surface area (Å²) in [5.41, 5.74) is 1.72. The number of nitrogens with zero attached hydrogens (tertiary/aromatic N) is 4. The minimum Gasteiger partial charge on any atom is -0.486 e. The van der Waals surface area contributed by atoms with E-state index in [9.17, 15) is 9.59 Å². The lowest BCUT2D eigenvalue weighted by Gasteiger charge is -2.22. The number of hydrogen-bond acceptors (Lipinski definition) is 4. The Labute approximate surface area is 186 Å². The number of ether oxygens (including phenoxy) is 1. The summed E-state index contributed by atoms with van der Waals surface area (Å²) < 4.78 is 7.81. The summed E-state index contributed by atoms with van der Waals surface area (Å²) in [6.07, 6.45) is 0.780. The first-order valence-electron chi connectivity index (χ1n) is 10.4. The molecule has 0 atom stereocenters. The predicted octanol–water partition coefficient (Wildman–Crippen LogP) is 3.35. The summed E-state index contributed by atoms with van der Waals surface area (Å²) in [4.78, 5) is 33.1. The van der Waals surface area contributed by atoms with Crippen molar-refractivity contribution in [2.45, 2.75) is 26.5 Å². The Morgan fingerprint density at radius 3 is 2.48 bits per heavy atom. The molecule has 1 aliphatic heterocycles. The zero-order valence-electron chi connectivity index (χ0n) is 17.5. The van der Waals surface area contributed by atoms with Crippen LogP contribution in [0.3, 0.4) is 0 Å². The zero-order valence-corrected chi connectivity index (χ0v) is 18.2. The van der Waals surface area contributed by atoms with Gasteiger partial charge in [-0.15, -0.1) is 0 Å². The first-order valence-corrected chi connectivity index (χ1v) is 10.7. The third-order valence-electron chi connectivity index (χ3n) is 5.50. The van der Waals surface area contributed by atoms with Gasteiger partial charge in [0.1, 0.15) is 24.7 Å². The van der Waals surface area contributed by atoms with Gasteiger partial charge in [-0.1, -0.05) is 23.7 Å². The quantitative estimate of drug-likeness (QED) is 0.610. The number of halogens is 1. The largest absolute Gasteiger partial charge is 0.486 e. The number of carbonyl (C=O) groups is 2. The van der Waals surface area contributed by atoms with Crippen molar-refractivity contribution in [1.29, 1.82) is 0 Å². The number of para-hydroxylation sites is 2. The molecule has 1 aliphatic rings. The molecule has 162 valence electrons. The van der Waals surface area contributed by atoms with Crippen molar-refractivity contribution in [1.82, 2.24) is 19.4 Å². The topological polar surface area (TPSA) is 67.7 Å². The summed E-state index contributed by atoms with van der Waals surface area (Å²) in [5.74, 6) is 1.44. The normalized spacial score (nSPS) is 14.5. The van der Waals surface area contributed by atoms with Gasteiger partial charge in [0.05, 0.1) is 11.0 Å². The molecule has 1 aromatic heterocycles. The van der Waals surface area contributed by atoms with Gasteiger partial charge in [-0.2, -0.15) is 0 Å². The molecule has 0 N–H and O–H groups in total. The highest BCUT2D eigenvalue weighted by Gasteiger charge is 2.22. The highest BCUT2D eigenvalue weighted by molar-refractivity contribution is 6.30. The average Bonchev–Trinajstić information content (AvgIpc) is 2.94. The van der Waals surface area contributed by atoms with Gasteiger partial charge in [-0.05, 0) is 42.8 Å². The molecule has 1 fully saturated rings. The smallest absolute Gasteiger partial charge is 0.242 e. The summed E-state index contributed by atoms with van der Waals surface area (Å²) in [6.45, 7) is 4.43. The highest BCUT2D eigenvalue weighted by Crippen LogP contribution is 2.20. The van der Waals surface area contributed by atoms with Crippen LogP contribution in [0.25, 0.3) is 11.0 Å². The van der Waals surface area contributed by atoms with Gasteiger partial charge in [0, 0.05) is 38.1 Å². The lowest BCUT2D eigenvalue weighted by molar-refractivity contribution is -0.133. The zero-order chi connectivity index (χ0) is 21.8. The Bertz CT molecular complexity index is 1080. The van der Waals surface area contributed by atoms with Gasteiger partial charge in [-0.3, -0.25) is 9.59 Å². The standard InChI is InChI=1S/C23H25ClN4O3/c1-17(29)26-11-4-12-27(14-13-26)23(30)15-28-21-6-3-2-5-20(21)25-22(28)16-31-19-9-7-18(24)8-10-19/h2-3,5-10H,4,11-16H2,1H3. The summed E-state index contributed by atoms with van der Waals surface area (Å²) in [7, 11) is 0. The predicted molar refractivity (Wildman–Crippen MR) is 119 cm³/mol. The second kappa shape index (κ2) is 9.39. The second-order valence-electron chi connectivity index (χ2n) is 7.59. The van der Waals surface area contributed by atoms with E-state index in [0.717, 1.165) is 17.5 Å². The van der Waals surface area contributed by atoms with E-state index in [0.29, 0.717) is 42.8 Å². The van der Waals surface area contributed by atoms with Gasteiger partial charge in [0.15, 0.2) is 0 Å². The van der Waals surface area contributed by atoms with E-state index in [1.807, 2.05) is 33.7 Å². The molecule has 2 amide bonds. The van der Waals surface area contributed by atoms with Crippen molar-refractivity contribution in [3.63, 3.8) is 0 Å². The van der Waals surface area contributed by atoms with E-state index >= 15 is 0 Å². The monoisotopic (exact) mass is 440 g/mol. The minimum absolute atomic E-state index is 0.0151. The number of rotatable bonds is 5. The van der Waals surface area contributed by atoms with Crippen molar-refractivity contribution >= 4 is 34.4 Å². The molecule has 4 rings (SSSR count). The van der Waals surface area contributed by atoms with E-state index in [1.165, 1.54) is 0 Å². The van der Waals surface area contributed by atoms with Crippen LogP contribution in [0.5, 0.6) is 5.75 Å². The number of benzene rings is 2. The first kappa shape index (κ1) is 21.2. The molecular weight excluding hydrogens is 416 g/mol. The number of hydrogen-bond donors (Lipinski definition) is 0. The molecule has 0 bridgehead atoms. The average molecular weight is 441 g/mol. The fourth-order valence-electron chi connectivity index (χ4n) is 3.81. The van der Waals surface area contributed by atoms with Gasteiger partial charge in [0.25, 0.3) is 0 Å². The number of amides is 2. The Balaban J connectivity index is 1.52. The van der Waals surface area contributed by atoms with Crippen LogP contribution < -0.4 is 4.74 Å². The summed E-state index contributed by atoms with van der Waals surface area (Å²) in [6, 6.07) is 14.9. The molecule has 0 saturated carbocycles. The number of fused-ring (bicyclic) bond motifs is 1. The van der Waals surface area contributed by atoms with Crippen LogP contribution in [0.4, 0.5) is 0 Å². The molecule has 1 saturated heterocycles. The van der Waals surface area contributed by atoms with Gasteiger partial charge < -0.3 is 19.1 Å². The maximum Gasteiger partial charge on any atom is 0.242 e. The second-order valence-corrected chi connectivity index (χ2v) is 8.02. The van der Waals surface area contributed by atoms with Crippen LogP contribution in [0.1, 0.15) is 19.2 Å². The molecular formula is C23H25ClN4O3. The molecule has 7 nitrogen and oxygen atoms in total. The highest BCUT2D eigenvalue weighted by atomic mass is 35.5. The third kappa shape index (κ3) is 4.99. The van der Waals surface area contributed by atoms with E-state index < -0.39 is 0 Å². The van der Waals surface area contributed by atoms with E-state index in [4.69, 9.17) is 16.3 Å². The van der Waals surface area contributed by atoms with Gasteiger partial charge in [0.2, 0.25) is 11.8 Å². The van der Waals surface area contributed by atoms with Crippen LogP contribution in [0, 0.1) is 0 Å². The molecule has 0 unspecified atom stereocenters. The fourth-order valence-corrected chi connectivity index (χ4v) is 3.93. The Morgan fingerprint density at radius 1 is 1.00 bits per heavy atom. The van der Waals surface area contributed by atoms with Gasteiger partial charge >= 0.3 is 0 Å². The lowest BCUT2D eigenvalue weighted by atomic mass is 10.3. The van der Waals surface area contributed by atoms with Crippen LogP contribution in [0.2, 0.25) is 5.02 Å². The van der Waals surface area contributed by atoms with Crippen molar-refractivity contribution in [3.8, 4) is 5.75 Å². The fraction of sp³-hybridized carbons (Fsp3) is 0.348. The van der Waals surface area contributed by atoms with Crippen molar-refractivity contribution in [2.24, 2.45) is 0 Å². The van der Waals surface area contributed by atoms with Crippen molar-refractivity contribution in [3.05, 3.63) is 59.4 Å². The summed E-state index contributed by atoms with van der Waals surface area (Å²) >= 11 is 5.94. The third-order valence-corrected chi connectivity index (χ3v) is 5.75. The van der Waals surface area contributed by atoms with E-state index in [1.54, 1.807) is 36.1 Å². The molecule has 31 heavy (non-hydrogen) atoms. The maximum absolute atomic E-state index is 13.1. The molecule has 2 heterocycles. The molecule has 3 aromatic rings. The van der Waals surface area contributed by atoms with Crippen LogP contribution in [-0.4, -0.2) is 57.3 Å². The SMILES string of the molecule is CC(=O)N1CCCN(C(=O)Cn2c(COc3ccc(Cl)cc3)nc3ccccc32)CC1. The maximum atomic E-state index is 13.1. The van der Waals surface area contributed by atoms with E-state index in [-0.39, 0.29) is 25.0 Å². The Hall–Kier alpha value is -3.06. The van der Waals surface area contributed by atoms with Crippen molar-refractivity contribution < 1.29 is 14.3 Å².